The van der Waals surface area contributed by atoms with E-state index in [4.69, 9.17) is 15.2 Å². The second-order valence-electron chi connectivity index (χ2n) is 4.06. The van der Waals surface area contributed by atoms with Crippen LogP contribution >= 0.6 is 15.9 Å². The Morgan fingerprint density at radius 1 is 1.05 bits per heavy atom. The van der Waals surface area contributed by atoms with E-state index in [1.54, 1.807) is 0 Å². The molecule has 0 amide bonds. The first kappa shape index (κ1) is 13.7. The van der Waals surface area contributed by atoms with E-state index in [1.165, 1.54) is 0 Å². The van der Waals surface area contributed by atoms with Crippen LogP contribution in [0.5, 0.6) is 11.5 Å². The fourth-order valence-electron chi connectivity index (χ4n) is 1.63. The van der Waals surface area contributed by atoms with E-state index in [9.17, 15) is 0 Å². The zero-order valence-corrected chi connectivity index (χ0v) is 12.3. The van der Waals surface area contributed by atoms with Crippen molar-refractivity contribution in [1.29, 1.82) is 0 Å². The summed E-state index contributed by atoms with van der Waals surface area (Å²) in [5, 5.41) is 0. The van der Waals surface area contributed by atoms with Gasteiger partial charge in [0.1, 0.15) is 18.1 Å². The van der Waals surface area contributed by atoms with Gasteiger partial charge in [-0.2, -0.15) is 0 Å². The van der Waals surface area contributed by atoms with Gasteiger partial charge in [-0.05, 0) is 58.7 Å². The molecule has 0 aliphatic carbocycles. The molecule has 0 saturated heterocycles. The number of hydrogen-bond acceptors (Lipinski definition) is 3. The molecule has 0 atom stereocenters. The molecule has 0 aromatic heterocycles. The third kappa shape index (κ3) is 3.89. The number of rotatable bonds is 5. The first-order valence-corrected chi connectivity index (χ1v) is 6.88. The molecule has 0 radical (unpaired) electrons. The van der Waals surface area contributed by atoms with Gasteiger partial charge in [0.15, 0.2) is 0 Å². The topological polar surface area (TPSA) is 44.5 Å². The lowest BCUT2D eigenvalue weighted by Gasteiger charge is -2.10. The summed E-state index contributed by atoms with van der Waals surface area (Å²) >= 11 is 3.48. The minimum Gasteiger partial charge on any atom is -0.494 e. The molecule has 0 saturated carbocycles. The fourth-order valence-corrected chi connectivity index (χ4v) is 2.10. The molecule has 3 nitrogen and oxygen atoms in total. The van der Waals surface area contributed by atoms with Gasteiger partial charge >= 0.3 is 0 Å². The van der Waals surface area contributed by atoms with Crippen LogP contribution in [0.25, 0.3) is 0 Å². The molecule has 0 unspecified atom stereocenters. The van der Waals surface area contributed by atoms with Crippen molar-refractivity contribution in [2.75, 3.05) is 12.3 Å². The maximum Gasteiger partial charge on any atom is 0.134 e. The highest BCUT2D eigenvalue weighted by atomic mass is 79.9. The van der Waals surface area contributed by atoms with E-state index >= 15 is 0 Å². The molecule has 0 fully saturated rings. The molecule has 0 aliphatic rings. The molecule has 0 spiro atoms. The Labute approximate surface area is 121 Å². The highest BCUT2D eigenvalue weighted by molar-refractivity contribution is 9.10. The molecule has 2 aromatic carbocycles. The van der Waals surface area contributed by atoms with Crippen LogP contribution in [0.1, 0.15) is 12.5 Å². The van der Waals surface area contributed by atoms with Crippen molar-refractivity contribution < 1.29 is 9.47 Å². The van der Waals surface area contributed by atoms with Crippen molar-refractivity contribution in [3.63, 3.8) is 0 Å². The molecular weight excluding hydrogens is 306 g/mol. The highest BCUT2D eigenvalue weighted by Crippen LogP contribution is 2.29. The normalized spacial score (nSPS) is 10.2. The molecule has 4 heteroatoms. The zero-order chi connectivity index (χ0) is 13.7. The second-order valence-corrected chi connectivity index (χ2v) is 4.91. The largest absolute Gasteiger partial charge is 0.494 e. The molecular formula is C15H16BrNO2. The summed E-state index contributed by atoms with van der Waals surface area (Å²) in [6.07, 6.45) is 0. The van der Waals surface area contributed by atoms with Crippen LogP contribution in [0.3, 0.4) is 0 Å². The number of hydrogen-bond donors (Lipinski definition) is 1. The minimum absolute atomic E-state index is 0.507. The van der Waals surface area contributed by atoms with Crippen LogP contribution in [0.2, 0.25) is 0 Å². The summed E-state index contributed by atoms with van der Waals surface area (Å²) in [6, 6.07) is 13.3. The molecule has 0 heterocycles. The number of nitrogens with two attached hydrogens (primary N) is 1. The third-order valence-corrected chi connectivity index (χ3v) is 3.21. The summed E-state index contributed by atoms with van der Waals surface area (Å²) in [4.78, 5) is 0. The van der Waals surface area contributed by atoms with Crippen LogP contribution in [0.4, 0.5) is 5.69 Å². The average Bonchev–Trinajstić information content (AvgIpc) is 2.40. The Balaban J connectivity index is 2.01. The van der Waals surface area contributed by atoms with Crippen LogP contribution in [0.15, 0.2) is 46.9 Å². The number of nitrogen functional groups attached to an aromatic ring is 1. The van der Waals surface area contributed by atoms with Crippen molar-refractivity contribution in [3.8, 4) is 11.5 Å². The SMILES string of the molecule is CCOc1ccc(OCc2ccc(N)cc2)c(Br)c1. The van der Waals surface area contributed by atoms with E-state index in [-0.39, 0.29) is 0 Å². The Morgan fingerprint density at radius 3 is 2.42 bits per heavy atom. The zero-order valence-electron chi connectivity index (χ0n) is 10.7. The Hall–Kier alpha value is -1.68. The van der Waals surface area contributed by atoms with E-state index < -0.39 is 0 Å². The Bertz CT molecular complexity index is 540. The highest BCUT2D eigenvalue weighted by Gasteiger charge is 2.04. The van der Waals surface area contributed by atoms with Gasteiger partial charge in [-0.1, -0.05) is 12.1 Å². The van der Waals surface area contributed by atoms with Crippen LogP contribution < -0.4 is 15.2 Å². The Morgan fingerprint density at radius 2 is 1.79 bits per heavy atom. The predicted octanol–water partition coefficient (Wildman–Crippen LogP) is 4.01. The fraction of sp³-hybridized carbons (Fsp3) is 0.200. The number of anilines is 1. The van der Waals surface area contributed by atoms with E-state index in [1.807, 2.05) is 49.4 Å². The minimum atomic E-state index is 0.507. The smallest absolute Gasteiger partial charge is 0.134 e. The second kappa shape index (κ2) is 6.48. The van der Waals surface area contributed by atoms with Gasteiger partial charge < -0.3 is 15.2 Å². The Kier molecular flexibility index (Phi) is 4.68. The summed E-state index contributed by atoms with van der Waals surface area (Å²) in [7, 11) is 0. The molecule has 2 N–H and O–H groups in total. The van der Waals surface area contributed by atoms with Crippen LogP contribution in [0, 0.1) is 0 Å². The van der Waals surface area contributed by atoms with E-state index in [0.717, 1.165) is 27.2 Å². The quantitative estimate of drug-likeness (QED) is 0.846. The van der Waals surface area contributed by atoms with E-state index in [2.05, 4.69) is 15.9 Å². The summed E-state index contributed by atoms with van der Waals surface area (Å²) in [6.45, 7) is 3.12. The summed E-state index contributed by atoms with van der Waals surface area (Å²) < 4.78 is 12.1. The van der Waals surface area contributed by atoms with Gasteiger partial charge in [0.05, 0.1) is 11.1 Å². The lowest BCUT2D eigenvalue weighted by Crippen LogP contribution is -1.97. The van der Waals surface area contributed by atoms with Crippen molar-refractivity contribution in [1.82, 2.24) is 0 Å². The van der Waals surface area contributed by atoms with Crippen molar-refractivity contribution in [2.24, 2.45) is 0 Å². The maximum absolute atomic E-state index is 5.75. The van der Waals surface area contributed by atoms with Crippen molar-refractivity contribution in [2.45, 2.75) is 13.5 Å². The first-order valence-electron chi connectivity index (χ1n) is 6.08. The first-order chi connectivity index (χ1) is 9.19. The van der Waals surface area contributed by atoms with Gasteiger partial charge in [-0.25, -0.2) is 0 Å². The average molecular weight is 322 g/mol. The lowest BCUT2D eigenvalue weighted by molar-refractivity contribution is 0.302. The van der Waals surface area contributed by atoms with Gasteiger partial charge in [0.2, 0.25) is 0 Å². The standard InChI is InChI=1S/C15H16BrNO2/c1-2-18-13-7-8-15(14(16)9-13)19-10-11-3-5-12(17)6-4-11/h3-9H,2,10,17H2,1H3. The monoisotopic (exact) mass is 321 g/mol. The molecule has 2 rings (SSSR count). The molecule has 0 bridgehead atoms. The number of benzene rings is 2. The van der Waals surface area contributed by atoms with Gasteiger partial charge in [0.25, 0.3) is 0 Å². The van der Waals surface area contributed by atoms with Crippen molar-refractivity contribution >= 4 is 21.6 Å². The summed E-state index contributed by atoms with van der Waals surface area (Å²) in [5.41, 5.74) is 7.48. The van der Waals surface area contributed by atoms with Crippen LogP contribution in [-0.2, 0) is 6.61 Å². The molecule has 19 heavy (non-hydrogen) atoms. The van der Waals surface area contributed by atoms with Crippen molar-refractivity contribution in [3.05, 3.63) is 52.5 Å². The number of ether oxygens (including phenoxy) is 2. The van der Waals surface area contributed by atoms with Crippen LogP contribution in [-0.4, -0.2) is 6.61 Å². The third-order valence-electron chi connectivity index (χ3n) is 2.59. The number of halogens is 1. The molecule has 0 aliphatic heterocycles. The molecule has 100 valence electrons. The summed E-state index contributed by atoms with van der Waals surface area (Å²) in [5.74, 6) is 1.62. The van der Waals surface area contributed by atoms with Gasteiger partial charge in [-0.3, -0.25) is 0 Å². The maximum atomic E-state index is 5.75. The van der Waals surface area contributed by atoms with Gasteiger partial charge in [0, 0.05) is 5.69 Å². The van der Waals surface area contributed by atoms with E-state index in [0.29, 0.717) is 13.2 Å². The lowest BCUT2D eigenvalue weighted by atomic mass is 10.2. The predicted molar refractivity (Wildman–Crippen MR) is 80.5 cm³/mol. The van der Waals surface area contributed by atoms with Gasteiger partial charge in [-0.15, -0.1) is 0 Å². The molecule has 2 aromatic rings.